The quantitative estimate of drug-likeness (QED) is 0.327. The topological polar surface area (TPSA) is 139 Å². The van der Waals surface area contributed by atoms with Gasteiger partial charge in [0.1, 0.15) is 4.88 Å². The van der Waals surface area contributed by atoms with E-state index in [4.69, 9.17) is 18.3 Å². The maximum atomic E-state index is 12.8. The van der Waals surface area contributed by atoms with E-state index in [1.807, 2.05) is 20.8 Å². The molecule has 2 rings (SSSR count). The van der Waals surface area contributed by atoms with Crippen molar-refractivity contribution in [3.8, 4) is 0 Å². The number of hydrogen-bond donors (Lipinski definition) is 1. The SMILES string of the molecule is COC(=O)CCNC(=O)[C@@H]1OP(=O)(OCOC(=O)c2scnc2C(C)(C)C)OCC1(C)C. The molecule has 0 bridgehead atoms. The summed E-state index contributed by atoms with van der Waals surface area (Å²) in [4.78, 5) is 40.6. The van der Waals surface area contributed by atoms with E-state index in [1.54, 1.807) is 19.4 Å². The zero-order valence-corrected chi connectivity index (χ0v) is 20.7. The van der Waals surface area contributed by atoms with Crippen molar-refractivity contribution >= 4 is 37.0 Å². The average molecular weight is 492 g/mol. The van der Waals surface area contributed by atoms with Gasteiger partial charge in [-0.3, -0.25) is 18.6 Å². The maximum Gasteiger partial charge on any atom is 0.478 e. The fourth-order valence-corrected chi connectivity index (χ4v) is 5.11. The number of carbonyl (C=O) groups excluding carboxylic acids is 3. The summed E-state index contributed by atoms with van der Waals surface area (Å²) in [5.74, 6) is -1.75. The van der Waals surface area contributed by atoms with E-state index >= 15 is 0 Å². The minimum absolute atomic E-state index is 0.0237. The summed E-state index contributed by atoms with van der Waals surface area (Å²) in [6, 6.07) is 0. The van der Waals surface area contributed by atoms with Crippen molar-refractivity contribution in [2.45, 2.75) is 52.6 Å². The molecule has 2 atom stereocenters. The second-order valence-corrected chi connectivity index (χ2v) is 11.2. The molecule has 11 nitrogen and oxygen atoms in total. The third-order valence-corrected chi connectivity index (χ3v) is 6.64. The summed E-state index contributed by atoms with van der Waals surface area (Å²) in [6.45, 7) is 8.35. The summed E-state index contributed by atoms with van der Waals surface area (Å²) in [6.07, 6.45) is -1.20. The first kappa shape index (κ1) is 26.4. The second kappa shape index (κ2) is 10.4. The average Bonchev–Trinajstić information content (AvgIpc) is 3.20. The van der Waals surface area contributed by atoms with Gasteiger partial charge in [-0.15, -0.1) is 11.3 Å². The van der Waals surface area contributed by atoms with Crippen LogP contribution < -0.4 is 5.32 Å². The van der Waals surface area contributed by atoms with Gasteiger partial charge in [0.25, 0.3) is 0 Å². The Balaban J connectivity index is 1.95. The summed E-state index contributed by atoms with van der Waals surface area (Å²) >= 11 is 1.13. The van der Waals surface area contributed by atoms with E-state index in [-0.39, 0.29) is 25.0 Å². The number of nitrogens with zero attached hydrogens (tertiary/aromatic N) is 1. The number of ether oxygens (including phenoxy) is 2. The lowest BCUT2D eigenvalue weighted by Gasteiger charge is -2.39. The fraction of sp³-hybridized carbons (Fsp3) is 0.684. The smallest absolute Gasteiger partial charge is 0.469 e. The van der Waals surface area contributed by atoms with E-state index in [0.717, 1.165) is 11.3 Å². The Bertz CT molecular complexity index is 894. The third kappa shape index (κ3) is 6.82. The van der Waals surface area contributed by atoms with Crippen molar-refractivity contribution < 1.29 is 42.0 Å². The van der Waals surface area contributed by atoms with Crippen LogP contribution in [0.4, 0.5) is 0 Å². The van der Waals surface area contributed by atoms with Gasteiger partial charge in [-0.2, -0.15) is 0 Å². The van der Waals surface area contributed by atoms with Crippen LogP contribution in [-0.4, -0.2) is 56.0 Å². The number of aromatic nitrogens is 1. The first-order valence-electron chi connectivity index (χ1n) is 9.82. The van der Waals surface area contributed by atoms with Crippen LogP contribution in [0.5, 0.6) is 0 Å². The lowest BCUT2D eigenvalue weighted by atomic mass is 9.87. The van der Waals surface area contributed by atoms with Gasteiger partial charge in [-0.25, -0.2) is 18.9 Å². The van der Waals surface area contributed by atoms with Crippen LogP contribution >= 0.6 is 19.2 Å². The van der Waals surface area contributed by atoms with Crippen LogP contribution in [0.15, 0.2) is 5.51 Å². The molecule has 1 saturated heterocycles. The van der Waals surface area contributed by atoms with E-state index < -0.39 is 44.0 Å². The number of thiazole rings is 1. The van der Waals surface area contributed by atoms with Crippen molar-refractivity contribution in [3.05, 3.63) is 16.1 Å². The number of phosphoric ester groups is 1. The van der Waals surface area contributed by atoms with Crippen LogP contribution in [-0.2, 0) is 42.6 Å². The number of nitrogens with one attached hydrogen (secondary N) is 1. The number of hydrogen-bond acceptors (Lipinski definition) is 11. The molecule has 32 heavy (non-hydrogen) atoms. The molecule has 0 saturated carbocycles. The van der Waals surface area contributed by atoms with Crippen molar-refractivity contribution in [1.82, 2.24) is 10.3 Å². The molecule has 1 aromatic heterocycles. The van der Waals surface area contributed by atoms with E-state index in [9.17, 15) is 18.9 Å². The number of esters is 2. The summed E-state index contributed by atoms with van der Waals surface area (Å²) in [5.41, 5.74) is 0.930. The van der Waals surface area contributed by atoms with Gasteiger partial charge in [-0.1, -0.05) is 34.6 Å². The minimum atomic E-state index is -4.18. The number of rotatable bonds is 8. The highest BCUT2D eigenvalue weighted by molar-refractivity contribution is 7.48. The van der Waals surface area contributed by atoms with Gasteiger partial charge in [0.2, 0.25) is 12.7 Å². The van der Waals surface area contributed by atoms with Gasteiger partial charge in [0.15, 0.2) is 6.10 Å². The molecule has 0 aliphatic carbocycles. The van der Waals surface area contributed by atoms with Crippen LogP contribution in [0.3, 0.4) is 0 Å². The van der Waals surface area contributed by atoms with E-state index in [0.29, 0.717) is 10.6 Å². The van der Waals surface area contributed by atoms with E-state index in [2.05, 4.69) is 15.0 Å². The van der Waals surface area contributed by atoms with Crippen molar-refractivity contribution in [2.24, 2.45) is 5.41 Å². The maximum absolute atomic E-state index is 12.8. The Morgan fingerprint density at radius 1 is 1.34 bits per heavy atom. The first-order valence-corrected chi connectivity index (χ1v) is 12.2. The summed E-state index contributed by atoms with van der Waals surface area (Å²) < 4.78 is 38.1. The van der Waals surface area contributed by atoms with Gasteiger partial charge in [0, 0.05) is 17.4 Å². The standard InChI is InChI=1S/C19H29N2O9PS/c1-18(2,3)14-13(32-10-21-14)17(24)27-11-29-31(25)28-9-19(4,5)15(30-31)16(23)20-8-7-12(22)26-6/h10,15H,7-9,11H2,1-6H3,(H,20,23)/t15-,31?/m0/s1. The van der Waals surface area contributed by atoms with Gasteiger partial charge < -0.3 is 14.8 Å². The third-order valence-electron chi connectivity index (χ3n) is 4.50. The largest absolute Gasteiger partial charge is 0.478 e. The normalized spacial score (nSPS) is 22.8. The van der Waals surface area contributed by atoms with Gasteiger partial charge in [-0.05, 0) is 0 Å². The highest BCUT2D eigenvalue weighted by Crippen LogP contribution is 2.57. The number of phosphoric acid groups is 1. The fourth-order valence-electron chi connectivity index (χ4n) is 2.71. The first-order chi connectivity index (χ1) is 14.8. The molecule has 1 fully saturated rings. The molecule has 1 unspecified atom stereocenters. The van der Waals surface area contributed by atoms with Crippen molar-refractivity contribution in [2.75, 3.05) is 27.1 Å². The predicted molar refractivity (Wildman–Crippen MR) is 114 cm³/mol. The molecule has 180 valence electrons. The predicted octanol–water partition coefficient (Wildman–Crippen LogP) is 2.80. The number of amides is 1. The Hall–Kier alpha value is -1.85. The molecule has 0 spiro atoms. The monoisotopic (exact) mass is 492 g/mol. The van der Waals surface area contributed by atoms with Gasteiger partial charge >= 0.3 is 19.8 Å². The molecule has 2 heterocycles. The van der Waals surface area contributed by atoms with Crippen molar-refractivity contribution in [1.29, 1.82) is 0 Å². The lowest BCUT2D eigenvalue weighted by Crippen LogP contribution is -2.50. The molecule has 0 radical (unpaired) electrons. The highest BCUT2D eigenvalue weighted by atomic mass is 32.1. The van der Waals surface area contributed by atoms with Crippen LogP contribution in [0.25, 0.3) is 0 Å². The zero-order valence-electron chi connectivity index (χ0n) is 19.0. The van der Waals surface area contributed by atoms with Crippen LogP contribution in [0.1, 0.15) is 56.4 Å². The molecule has 1 N–H and O–H groups in total. The lowest BCUT2D eigenvalue weighted by molar-refractivity contribution is -0.144. The summed E-state index contributed by atoms with van der Waals surface area (Å²) in [7, 11) is -2.94. The zero-order chi connectivity index (χ0) is 24.2. The minimum Gasteiger partial charge on any atom is -0.469 e. The molecule has 1 amide bonds. The Labute approximate surface area is 190 Å². The Morgan fingerprint density at radius 2 is 2.03 bits per heavy atom. The van der Waals surface area contributed by atoms with Crippen LogP contribution in [0.2, 0.25) is 0 Å². The number of carbonyl (C=O) groups is 3. The van der Waals surface area contributed by atoms with Crippen LogP contribution in [0, 0.1) is 5.41 Å². The molecule has 0 aromatic carbocycles. The molecule has 13 heteroatoms. The molecular formula is C19H29N2O9PS. The molecular weight excluding hydrogens is 463 g/mol. The molecule has 1 aromatic rings. The molecule has 1 aliphatic rings. The van der Waals surface area contributed by atoms with Gasteiger partial charge in [0.05, 0.1) is 31.3 Å². The van der Waals surface area contributed by atoms with Crippen molar-refractivity contribution in [3.63, 3.8) is 0 Å². The second-order valence-electron chi connectivity index (χ2n) is 8.77. The Kier molecular flexibility index (Phi) is 8.57. The Morgan fingerprint density at radius 3 is 2.66 bits per heavy atom. The van der Waals surface area contributed by atoms with E-state index in [1.165, 1.54) is 7.11 Å². The number of methoxy groups -OCH3 is 1. The summed E-state index contributed by atoms with van der Waals surface area (Å²) in [5, 5.41) is 2.54. The highest BCUT2D eigenvalue weighted by Gasteiger charge is 2.49. The molecule has 1 aliphatic heterocycles.